The number of nitrogens with zero attached hydrogens (tertiary/aromatic N) is 5. The number of benzene rings is 2. The van der Waals surface area contributed by atoms with E-state index in [4.69, 9.17) is 9.26 Å². The van der Waals surface area contributed by atoms with Crippen LogP contribution in [0.25, 0.3) is 15.2 Å². The molecule has 3 amide bonds. The van der Waals surface area contributed by atoms with Crippen LogP contribution in [0.1, 0.15) is 78.6 Å². The molecule has 16 heteroatoms. The maximum atomic E-state index is 16.6. The molecule has 0 saturated carbocycles. The van der Waals surface area contributed by atoms with Crippen LogP contribution >= 0.6 is 18.9 Å². The molecule has 0 radical (unpaired) electrons. The highest BCUT2D eigenvalue weighted by Gasteiger charge is 2.50. The normalized spacial score (nSPS) is 24.2. The summed E-state index contributed by atoms with van der Waals surface area (Å²) in [5, 5.41) is 7.62. The lowest BCUT2D eigenvalue weighted by Crippen LogP contribution is -2.60. The van der Waals surface area contributed by atoms with Crippen molar-refractivity contribution in [2.24, 2.45) is 11.8 Å². The summed E-state index contributed by atoms with van der Waals surface area (Å²) >= 11 is 1.19. The van der Waals surface area contributed by atoms with Crippen molar-refractivity contribution in [2.45, 2.75) is 81.9 Å². The van der Waals surface area contributed by atoms with Crippen LogP contribution in [0.5, 0.6) is 5.75 Å². The number of allylic oxidation sites excluding steroid dienone is 2. The Bertz CT molecular complexity index is 2370. The highest BCUT2D eigenvalue weighted by Crippen LogP contribution is 2.66. The molecule has 1 aliphatic carbocycles. The highest BCUT2D eigenvalue weighted by molar-refractivity contribution is 7.62. The number of hydrogen-bond acceptors (Lipinski definition) is 10. The van der Waals surface area contributed by atoms with E-state index in [0.717, 1.165) is 24.1 Å². The summed E-state index contributed by atoms with van der Waals surface area (Å²) in [6.45, 7) is 4.47. The summed E-state index contributed by atoms with van der Waals surface area (Å²) in [5.74, 6) is -3.08. The molecular weight excluding hydrogens is 819 g/mol. The van der Waals surface area contributed by atoms with Gasteiger partial charge in [-0.25, -0.2) is 4.39 Å². The summed E-state index contributed by atoms with van der Waals surface area (Å²) in [6.07, 6.45) is 11.0. The van der Waals surface area contributed by atoms with Crippen LogP contribution < -0.4 is 14.7 Å². The number of ether oxygens (including phenoxy) is 1. The van der Waals surface area contributed by atoms with Gasteiger partial charge in [-0.3, -0.25) is 28.7 Å². The summed E-state index contributed by atoms with van der Waals surface area (Å²) < 4.78 is 42.4. The Morgan fingerprint density at radius 2 is 1.80 bits per heavy atom. The minimum absolute atomic E-state index is 0.00436. The SMILES string of the molecule is CCCOC(=O)[C@H](C)[N-][P@@](=O)(Oc1ccccc1)[C@H](F)c1ccc2sc(C(=O)NC3C[C@H]4C=C[C@H]4C[C@H]4CC[C@@H](C(=O)N5CC(c6cnccc6N(C)C)C5)N4C3=O)cc2c1. The van der Waals surface area contributed by atoms with Gasteiger partial charge in [-0.1, -0.05) is 50.3 Å². The van der Waals surface area contributed by atoms with Crippen LogP contribution in [0.4, 0.5) is 10.1 Å². The third-order valence-corrected chi connectivity index (χ3v) is 15.4. The number of para-hydroxylation sites is 1. The molecule has 3 fully saturated rings. The van der Waals surface area contributed by atoms with Crippen molar-refractivity contribution in [1.82, 2.24) is 20.1 Å². The molecule has 0 spiro atoms. The number of hydrogen-bond donors (Lipinski definition) is 1. The molecule has 4 aliphatic rings. The van der Waals surface area contributed by atoms with Crippen molar-refractivity contribution in [3.05, 3.63) is 106 Å². The molecule has 2 aromatic carbocycles. The zero-order valence-electron chi connectivity index (χ0n) is 34.7. The number of thiophene rings is 1. The molecule has 0 bridgehead atoms. The quantitative estimate of drug-likeness (QED) is 0.0755. The number of aromatic nitrogens is 1. The van der Waals surface area contributed by atoms with Gasteiger partial charge in [-0.15, -0.1) is 11.3 Å². The van der Waals surface area contributed by atoms with E-state index in [0.29, 0.717) is 47.3 Å². The molecule has 3 aliphatic heterocycles. The summed E-state index contributed by atoms with van der Waals surface area (Å²) in [4.78, 5) is 65.6. The topological polar surface area (TPSA) is 153 Å². The number of esters is 1. The first kappa shape index (κ1) is 42.6. The van der Waals surface area contributed by atoms with E-state index in [2.05, 4.69) is 27.5 Å². The number of amides is 3. The zero-order chi connectivity index (χ0) is 43.0. The largest absolute Gasteiger partial charge is 0.555 e. The zero-order valence-corrected chi connectivity index (χ0v) is 36.4. The molecular formula is C45H51FN6O7PS-. The van der Waals surface area contributed by atoms with Crippen molar-refractivity contribution in [2.75, 3.05) is 38.7 Å². The van der Waals surface area contributed by atoms with Crippen molar-refractivity contribution >= 4 is 58.3 Å². The third-order valence-electron chi connectivity index (χ3n) is 12.2. The van der Waals surface area contributed by atoms with Crippen LogP contribution in [0.3, 0.4) is 0 Å². The average molecular weight is 870 g/mol. The second kappa shape index (κ2) is 17.7. The smallest absolute Gasteiger partial charge is 0.288 e. The van der Waals surface area contributed by atoms with Crippen molar-refractivity contribution in [3.8, 4) is 5.75 Å². The third kappa shape index (κ3) is 8.69. The molecule has 322 valence electrons. The Hall–Kier alpha value is -5.11. The molecule has 61 heavy (non-hydrogen) atoms. The molecule has 8 atom stereocenters. The lowest BCUT2D eigenvalue weighted by Gasteiger charge is -2.45. The second-order valence-corrected chi connectivity index (χ2v) is 19.7. The molecule has 5 heterocycles. The van der Waals surface area contributed by atoms with Gasteiger partial charge >= 0.3 is 0 Å². The van der Waals surface area contributed by atoms with Gasteiger partial charge in [0, 0.05) is 67.5 Å². The lowest BCUT2D eigenvalue weighted by molar-refractivity contribution is -0.150. The summed E-state index contributed by atoms with van der Waals surface area (Å²) in [7, 11) is -0.602. The number of alkyl halides is 1. The van der Waals surface area contributed by atoms with E-state index in [1.54, 1.807) is 41.4 Å². The van der Waals surface area contributed by atoms with Crippen LogP contribution in [0.2, 0.25) is 0 Å². The minimum Gasteiger partial charge on any atom is -0.555 e. The number of likely N-dealkylation sites (tertiary alicyclic amines) is 1. The van der Waals surface area contributed by atoms with E-state index in [9.17, 15) is 23.7 Å². The van der Waals surface area contributed by atoms with Gasteiger partial charge in [0.2, 0.25) is 19.3 Å². The maximum absolute atomic E-state index is 16.6. The van der Waals surface area contributed by atoms with E-state index in [1.807, 2.05) is 43.1 Å². The summed E-state index contributed by atoms with van der Waals surface area (Å²) in [5.41, 5.74) is 2.16. The number of anilines is 1. The predicted octanol–water partition coefficient (Wildman–Crippen LogP) is 8.00. The van der Waals surface area contributed by atoms with Crippen LogP contribution in [-0.2, 0) is 23.7 Å². The first-order valence-electron chi connectivity index (χ1n) is 21.0. The number of pyridine rings is 1. The predicted molar refractivity (Wildman–Crippen MR) is 233 cm³/mol. The van der Waals surface area contributed by atoms with Gasteiger partial charge in [-0.05, 0) is 97.3 Å². The molecule has 2 aromatic heterocycles. The number of halogens is 1. The monoisotopic (exact) mass is 869 g/mol. The lowest BCUT2D eigenvalue weighted by atomic mass is 9.73. The Kier molecular flexibility index (Phi) is 12.4. The Morgan fingerprint density at radius 3 is 2.52 bits per heavy atom. The van der Waals surface area contributed by atoms with Gasteiger partial charge in [0.15, 0.2) is 5.91 Å². The minimum atomic E-state index is -4.58. The Morgan fingerprint density at radius 1 is 1.05 bits per heavy atom. The van der Waals surface area contributed by atoms with E-state index in [1.165, 1.54) is 42.5 Å². The van der Waals surface area contributed by atoms with Gasteiger partial charge in [0.05, 0.1) is 11.5 Å². The van der Waals surface area contributed by atoms with Crippen LogP contribution in [0.15, 0.2) is 85.2 Å². The fraction of sp³-hybridized carbons (Fsp3) is 0.444. The van der Waals surface area contributed by atoms with Gasteiger partial charge < -0.3 is 34.4 Å². The standard InChI is InChI=1S/C45H52FN6O7PS/c1-5-19-58-45(56)27(2)49-60(57,59-34-9-7-6-8-10-34)41(46)30-13-16-39-31(20-30)23-40(61-39)42(53)48-36-22-29-12-11-28(29)21-33-14-15-38(52(33)43(36)54)44(55)51-25-32(26-51)35-24-47-18-17-37(35)50(3)4/h6-13,16-18,20,23-24,27-29,32-33,36,38,41H,5,14-15,19,21-22,25-26H2,1-4H3,(H2,48,49,53,57)/p-1/t27-,28-,29+,33+,36?,38-,41-,60-/m0/s1. The van der Waals surface area contributed by atoms with E-state index < -0.39 is 43.4 Å². The number of rotatable bonds is 14. The molecule has 4 aromatic rings. The van der Waals surface area contributed by atoms with Crippen LogP contribution in [0, 0.1) is 11.8 Å². The summed E-state index contributed by atoms with van der Waals surface area (Å²) in [6, 6.07) is 13.4. The molecule has 8 rings (SSSR count). The van der Waals surface area contributed by atoms with E-state index >= 15 is 4.39 Å². The average Bonchev–Trinajstić information content (AvgIpc) is 3.86. The Balaban J connectivity index is 0.984. The first-order valence-corrected chi connectivity index (χ1v) is 23.4. The Labute approximate surface area is 359 Å². The fourth-order valence-electron chi connectivity index (χ4n) is 8.91. The number of nitrogens with one attached hydrogen (secondary N) is 1. The molecule has 3 saturated heterocycles. The number of carbonyl (C=O) groups is 4. The van der Waals surface area contributed by atoms with Crippen molar-refractivity contribution in [1.29, 1.82) is 0 Å². The van der Waals surface area contributed by atoms with Gasteiger partial charge in [0.1, 0.15) is 17.8 Å². The second-order valence-electron chi connectivity index (χ2n) is 16.6. The molecule has 1 N–H and O–H groups in total. The van der Waals surface area contributed by atoms with E-state index in [-0.39, 0.29) is 53.5 Å². The van der Waals surface area contributed by atoms with Crippen molar-refractivity contribution in [3.63, 3.8) is 0 Å². The van der Waals surface area contributed by atoms with Gasteiger partial charge in [-0.2, -0.15) is 0 Å². The molecule has 1 unspecified atom stereocenters. The highest BCUT2D eigenvalue weighted by atomic mass is 32.1. The number of fused-ring (bicyclic) bond motifs is 3. The van der Waals surface area contributed by atoms with Gasteiger partial charge in [0.25, 0.3) is 11.9 Å². The maximum Gasteiger partial charge on any atom is 0.288 e. The first-order chi connectivity index (χ1) is 29.3. The number of carbonyl (C=O) groups excluding carboxylic acids is 4. The fourth-order valence-corrected chi connectivity index (χ4v) is 11.7. The molecule has 13 nitrogen and oxygen atoms in total. The van der Waals surface area contributed by atoms with Crippen LogP contribution in [-0.4, -0.2) is 96.4 Å². The van der Waals surface area contributed by atoms with Crippen molar-refractivity contribution < 1.29 is 37.4 Å².